The predicted molar refractivity (Wildman–Crippen MR) is 125 cm³/mol. The van der Waals surface area contributed by atoms with Crippen molar-refractivity contribution >= 4 is 34.9 Å². The van der Waals surface area contributed by atoms with Gasteiger partial charge in [-0.25, -0.2) is 0 Å². The smallest absolute Gasteiger partial charge is 0.303 e. The molecule has 2 amide bonds. The van der Waals surface area contributed by atoms with Crippen LogP contribution < -0.4 is 10.2 Å². The summed E-state index contributed by atoms with van der Waals surface area (Å²) in [5.41, 5.74) is 3.83. The Labute approximate surface area is 188 Å². The first-order chi connectivity index (χ1) is 15.4. The molecule has 0 spiro atoms. The van der Waals surface area contributed by atoms with Crippen molar-refractivity contribution in [1.29, 1.82) is 0 Å². The van der Waals surface area contributed by atoms with Crippen LogP contribution in [0.15, 0.2) is 53.5 Å². The van der Waals surface area contributed by atoms with Gasteiger partial charge in [0.05, 0.1) is 11.4 Å². The van der Waals surface area contributed by atoms with Gasteiger partial charge in [0.25, 0.3) is 5.91 Å². The quantitative estimate of drug-likeness (QED) is 0.575. The maximum Gasteiger partial charge on any atom is 0.303 e. The van der Waals surface area contributed by atoms with E-state index in [0.717, 1.165) is 35.4 Å². The highest BCUT2D eigenvalue weighted by molar-refractivity contribution is 6.20. The van der Waals surface area contributed by atoms with E-state index in [1.807, 2.05) is 42.5 Å². The topological polar surface area (TPSA) is 99.1 Å². The standard InChI is InChI=1S/C25H29N3O4/c1-17-25(32)28(2)21-15-14-19(27-22(29)12-8-3-4-9-13-23(30)31)16-20(21)24(26-17)18-10-6-5-7-11-18/h5-7,10-11,14-17H,3-4,8-9,12-13H2,1-2H3,(H,27,29)(H,30,31). The maximum absolute atomic E-state index is 12.7. The molecule has 0 fully saturated rings. The van der Waals surface area contributed by atoms with Crippen molar-refractivity contribution in [2.45, 2.75) is 51.5 Å². The lowest BCUT2D eigenvalue weighted by atomic mass is 9.99. The minimum absolute atomic E-state index is 0.0862. The minimum atomic E-state index is -0.786. The van der Waals surface area contributed by atoms with Gasteiger partial charge in [0.15, 0.2) is 0 Å². The summed E-state index contributed by atoms with van der Waals surface area (Å²) in [5.74, 6) is -0.962. The Morgan fingerprint density at radius 2 is 1.72 bits per heavy atom. The number of carboxylic acid groups (broad SMARTS) is 1. The summed E-state index contributed by atoms with van der Waals surface area (Å²) in [7, 11) is 1.74. The number of aliphatic imine (C=N–C) groups is 1. The second-order valence-electron chi connectivity index (χ2n) is 8.01. The third-order valence-corrected chi connectivity index (χ3v) is 5.50. The highest BCUT2D eigenvalue weighted by Crippen LogP contribution is 2.30. The average Bonchev–Trinajstić information content (AvgIpc) is 2.87. The van der Waals surface area contributed by atoms with E-state index in [9.17, 15) is 14.4 Å². The Balaban J connectivity index is 1.75. The van der Waals surface area contributed by atoms with Gasteiger partial charge in [0.2, 0.25) is 5.91 Å². The highest BCUT2D eigenvalue weighted by atomic mass is 16.4. The zero-order valence-electron chi connectivity index (χ0n) is 18.5. The largest absolute Gasteiger partial charge is 0.481 e. The van der Waals surface area contributed by atoms with Crippen molar-refractivity contribution in [2.75, 3.05) is 17.3 Å². The molecule has 168 valence electrons. The molecule has 7 heteroatoms. The number of benzodiazepines with no additional fused rings is 1. The Morgan fingerprint density at radius 1 is 1.03 bits per heavy atom. The number of nitrogens with one attached hydrogen (secondary N) is 1. The number of amides is 2. The number of anilines is 2. The van der Waals surface area contributed by atoms with Gasteiger partial charge in [-0.3, -0.25) is 19.4 Å². The first-order valence-corrected chi connectivity index (χ1v) is 10.9. The number of rotatable bonds is 9. The second kappa shape index (κ2) is 10.7. The SMILES string of the molecule is CC1N=C(c2ccccc2)c2cc(NC(=O)CCCCCCC(=O)O)ccc2N(C)C1=O. The summed E-state index contributed by atoms with van der Waals surface area (Å²) in [5, 5.41) is 11.6. The molecule has 1 heterocycles. The molecule has 7 nitrogen and oxygen atoms in total. The van der Waals surface area contributed by atoms with Gasteiger partial charge < -0.3 is 15.3 Å². The Bertz CT molecular complexity index is 1020. The van der Waals surface area contributed by atoms with E-state index in [-0.39, 0.29) is 18.2 Å². The lowest BCUT2D eigenvalue weighted by Crippen LogP contribution is -2.33. The lowest BCUT2D eigenvalue weighted by Gasteiger charge is -2.20. The number of aliphatic carboxylic acids is 1. The zero-order valence-corrected chi connectivity index (χ0v) is 18.5. The molecule has 1 aliphatic rings. The maximum atomic E-state index is 12.7. The van der Waals surface area contributed by atoms with Gasteiger partial charge >= 0.3 is 5.97 Å². The summed E-state index contributed by atoms with van der Waals surface area (Å²) in [6.45, 7) is 1.78. The number of benzene rings is 2. The molecule has 0 saturated carbocycles. The molecule has 0 bridgehead atoms. The van der Waals surface area contributed by atoms with Gasteiger partial charge in [-0.2, -0.15) is 0 Å². The van der Waals surface area contributed by atoms with Crippen molar-refractivity contribution in [3.63, 3.8) is 0 Å². The molecule has 1 aliphatic heterocycles. The second-order valence-corrected chi connectivity index (χ2v) is 8.01. The van der Waals surface area contributed by atoms with Crippen LogP contribution in [-0.4, -0.2) is 41.7 Å². The van der Waals surface area contributed by atoms with Gasteiger partial charge in [0.1, 0.15) is 6.04 Å². The molecule has 0 radical (unpaired) electrons. The van der Waals surface area contributed by atoms with Crippen molar-refractivity contribution in [3.05, 3.63) is 59.7 Å². The summed E-state index contributed by atoms with van der Waals surface area (Å²) < 4.78 is 0. The summed E-state index contributed by atoms with van der Waals surface area (Å²) >= 11 is 0. The number of fused-ring (bicyclic) bond motifs is 1. The molecule has 0 aliphatic carbocycles. The van der Waals surface area contributed by atoms with Gasteiger partial charge in [-0.1, -0.05) is 43.2 Å². The van der Waals surface area contributed by atoms with Gasteiger partial charge in [0, 0.05) is 36.7 Å². The molecular formula is C25H29N3O4. The Morgan fingerprint density at radius 3 is 2.41 bits per heavy atom. The van der Waals surface area contributed by atoms with E-state index >= 15 is 0 Å². The van der Waals surface area contributed by atoms with Crippen LogP contribution in [0.4, 0.5) is 11.4 Å². The molecule has 3 rings (SSSR count). The summed E-state index contributed by atoms with van der Waals surface area (Å²) in [4.78, 5) is 42.0. The molecule has 0 aromatic heterocycles. The number of carbonyl (C=O) groups is 3. The van der Waals surface area contributed by atoms with Crippen molar-refractivity contribution in [3.8, 4) is 0 Å². The Kier molecular flexibility index (Phi) is 7.76. The van der Waals surface area contributed by atoms with Crippen LogP contribution in [0.25, 0.3) is 0 Å². The van der Waals surface area contributed by atoms with E-state index in [1.54, 1.807) is 24.9 Å². The van der Waals surface area contributed by atoms with E-state index < -0.39 is 12.0 Å². The third-order valence-electron chi connectivity index (χ3n) is 5.50. The monoisotopic (exact) mass is 435 g/mol. The third kappa shape index (κ3) is 5.81. The molecule has 1 unspecified atom stereocenters. The number of unbranched alkanes of at least 4 members (excludes halogenated alkanes) is 3. The first-order valence-electron chi connectivity index (χ1n) is 10.9. The van der Waals surface area contributed by atoms with Crippen molar-refractivity contribution in [1.82, 2.24) is 0 Å². The normalized spacial score (nSPS) is 15.6. The fourth-order valence-corrected chi connectivity index (χ4v) is 3.78. The highest BCUT2D eigenvalue weighted by Gasteiger charge is 2.27. The van der Waals surface area contributed by atoms with Gasteiger partial charge in [-0.15, -0.1) is 0 Å². The van der Waals surface area contributed by atoms with Crippen molar-refractivity contribution < 1.29 is 19.5 Å². The van der Waals surface area contributed by atoms with Crippen LogP contribution in [0.2, 0.25) is 0 Å². The molecule has 2 aromatic carbocycles. The van der Waals surface area contributed by atoms with Crippen LogP contribution >= 0.6 is 0 Å². The fourth-order valence-electron chi connectivity index (χ4n) is 3.78. The summed E-state index contributed by atoms with van der Waals surface area (Å²) in [6, 6.07) is 14.7. The number of hydrogen-bond donors (Lipinski definition) is 2. The number of hydrogen-bond acceptors (Lipinski definition) is 4. The molecule has 2 aromatic rings. The number of nitrogens with zero attached hydrogens (tertiary/aromatic N) is 2. The number of carboxylic acids is 1. The fraction of sp³-hybridized carbons (Fsp3) is 0.360. The average molecular weight is 436 g/mol. The predicted octanol–water partition coefficient (Wildman–Crippen LogP) is 4.25. The van der Waals surface area contributed by atoms with Crippen molar-refractivity contribution in [2.24, 2.45) is 4.99 Å². The van der Waals surface area contributed by atoms with Crippen LogP contribution in [-0.2, 0) is 14.4 Å². The molecule has 32 heavy (non-hydrogen) atoms. The minimum Gasteiger partial charge on any atom is -0.481 e. The lowest BCUT2D eigenvalue weighted by molar-refractivity contribution is -0.137. The van der Waals surface area contributed by atoms with Crippen LogP contribution in [0, 0.1) is 0 Å². The van der Waals surface area contributed by atoms with E-state index in [0.29, 0.717) is 24.9 Å². The molecule has 0 saturated heterocycles. The molecule has 2 N–H and O–H groups in total. The molecule has 1 atom stereocenters. The van der Waals surface area contributed by atoms with Crippen LogP contribution in [0.1, 0.15) is 56.6 Å². The summed E-state index contributed by atoms with van der Waals surface area (Å²) in [6.07, 6.45) is 3.51. The van der Waals surface area contributed by atoms with Crippen LogP contribution in [0.5, 0.6) is 0 Å². The van der Waals surface area contributed by atoms with E-state index in [4.69, 9.17) is 10.1 Å². The van der Waals surface area contributed by atoms with E-state index in [1.165, 1.54) is 0 Å². The first kappa shape index (κ1) is 23.2. The van der Waals surface area contributed by atoms with Gasteiger partial charge in [-0.05, 0) is 38.0 Å². The number of likely N-dealkylation sites (N-methyl/N-ethyl adjacent to an activating group) is 1. The number of carbonyl (C=O) groups excluding carboxylic acids is 2. The molecular weight excluding hydrogens is 406 g/mol. The Hall–Kier alpha value is -3.48. The van der Waals surface area contributed by atoms with Crippen LogP contribution in [0.3, 0.4) is 0 Å². The van der Waals surface area contributed by atoms with E-state index in [2.05, 4.69) is 5.32 Å². The zero-order chi connectivity index (χ0) is 23.1.